The van der Waals surface area contributed by atoms with Gasteiger partial charge < -0.3 is 30.2 Å². The maximum Gasteiger partial charge on any atom is 0.319 e. The Kier molecular flexibility index (Phi) is 8.02. The van der Waals surface area contributed by atoms with E-state index in [1.54, 1.807) is 7.11 Å². The minimum Gasteiger partial charge on any atom is -0.496 e. The van der Waals surface area contributed by atoms with Gasteiger partial charge in [-0.25, -0.2) is 9.78 Å². The van der Waals surface area contributed by atoms with Crippen molar-refractivity contribution < 1.29 is 9.53 Å². The first kappa shape index (κ1) is 26.8. The van der Waals surface area contributed by atoms with Crippen LogP contribution < -0.4 is 15.4 Å². The maximum atomic E-state index is 12.7. The van der Waals surface area contributed by atoms with Gasteiger partial charge in [0.25, 0.3) is 0 Å². The molecule has 0 spiro atoms. The predicted molar refractivity (Wildman–Crippen MR) is 156 cm³/mol. The fourth-order valence-electron chi connectivity index (χ4n) is 4.54. The van der Waals surface area contributed by atoms with Gasteiger partial charge >= 0.3 is 6.03 Å². The highest BCUT2D eigenvalue weighted by Gasteiger charge is 2.16. The molecule has 0 bridgehead atoms. The number of pyridine rings is 1. The molecule has 1 unspecified atom stereocenters. The SMILES string of the molecule is C=C(c1cc(-c2cnc3[nH]cc(-c4ccccc4OC)c3c2)ccc1NC(=O)NC(C)CN(C)C)N(C)C. The first-order valence-corrected chi connectivity index (χ1v) is 12.5. The second-order valence-electron chi connectivity index (χ2n) is 9.89. The molecule has 0 fully saturated rings. The summed E-state index contributed by atoms with van der Waals surface area (Å²) in [6, 6.07) is 15.8. The van der Waals surface area contributed by atoms with Gasteiger partial charge in [-0.2, -0.15) is 0 Å². The van der Waals surface area contributed by atoms with Crippen LogP contribution in [-0.4, -0.2) is 73.7 Å². The van der Waals surface area contributed by atoms with Gasteiger partial charge in [-0.1, -0.05) is 30.8 Å². The van der Waals surface area contributed by atoms with Crippen LogP contribution in [0, 0.1) is 0 Å². The molecule has 198 valence electrons. The molecule has 4 aromatic rings. The van der Waals surface area contributed by atoms with Crippen molar-refractivity contribution in [3.63, 3.8) is 0 Å². The van der Waals surface area contributed by atoms with Crippen molar-refractivity contribution in [2.24, 2.45) is 0 Å². The molecule has 8 nitrogen and oxygen atoms in total. The topological polar surface area (TPSA) is 85.5 Å². The number of carbonyl (C=O) groups excluding carboxylic acids is 1. The van der Waals surface area contributed by atoms with Crippen LogP contribution in [0.1, 0.15) is 12.5 Å². The van der Waals surface area contributed by atoms with Gasteiger partial charge in [-0.3, -0.25) is 0 Å². The normalized spacial score (nSPS) is 11.9. The first-order chi connectivity index (χ1) is 18.2. The van der Waals surface area contributed by atoms with Gasteiger partial charge in [-0.15, -0.1) is 0 Å². The number of methoxy groups -OCH3 is 1. The van der Waals surface area contributed by atoms with E-state index in [-0.39, 0.29) is 12.1 Å². The second kappa shape index (κ2) is 11.4. The number of H-pyrrole nitrogens is 1. The molecule has 3 N–H and O–H groups in total. The average Bonchev–Trinajstić information content (AvgIpc) is 3.30. The van der Waals surface area contributed by atoms with Crippen LogP contribution in [0.2, 0.25) is 0 Å². The Hall–Kier alpha value is -4.30. The standard InChI is InChI=1S/C30H36N6O2/c1-19(18-35(3)4)33-30(37)34-27-13-12-21(14-24(27)20(2)36(5)6)22-15-25-26(17-32-29(25)31-16-22)23-10-8-9-11-28(23)38-7/h8-17,19H,2,18H2,1,3-7H3,(H,31,32)(H2,33,34,37). The number of aromatic nitrogens is 2. The molecule has 2 aromatic carbocycles. The van der Waals surface area contributed by atoms with E-state index >= 15 is 0 Å². The molecule has 0 radical (unpaired) electrons. The van der Waals surface area contributed by atoms with Crippen molar-refractivity contribution in [2.75, 3.05) is 47.2 Å². The summed E-state index contributed by atoms with van der Waals surface area (Å²) in [4.78, 5) is 24.7. The molecule has 0 saturated carbocycles. The molecule has 0 saturated heterocycles. The number of anilines is 1. The van der Waals surface area contributed by atoms with Crippen LogP contribution in [-0.2, 0) is 0 Å². The summed E-state index contributed by atoms with van der Waals surface area (Å²) in [5.74, 6) is 0.803. The Morgan fingerprint density at radius 3 is 2.55 bits per heavy atom. The summed E-state index contributed by atoms with van der Waals surface area (Å²) in [5.41, 5.74) is 7.05. The van der Waals surface area contributed by atoms with Gasteiger partial charge in [-0.05, 0) is 50.8 Å². The van der Waals surface area contributed by atoms with Gasteiger partial charge in [0.15, 0.2) is 0 Å². The van der Waals surface area contributed by atoms with E-state index in [1.807, 2.05) is 99.8 Å². The zero-order valence-electron chi connectivity index (χ0n) is 22.9. The number of aromatic amines is 1. The Balaban J connectivity index is 1.70. The predicted octanol–water partition coefficient (Wildman–Crippen LogP) is 5.51. The highest BCUT2D eigenvalue weighted by molar-refractivity contribution is 5.98. The van der Waals surface area contributed by atoms with Gasteiger partial charge in [0, 0.05) is 72.4 Å². The van der Waals surface area contributed by atoms with Crippen LogP contribution in [0.15, 0.2) is 67.5 Å². The number of hydrogen-bond donors (Lipinski definition) is 3. The smallest absolute Gasteiger partial charge is 0.319 e. The van der Waals surface area contributed by atoms with Gasteiger partial charge in [0.1, 0.15) is 11.4 Å². The summed E-state index contributed by atoms with van der Waals surface area (Å²) in [6.45, 7) is 6.98. The summed E-state index contributed by atoms with van der Waals surface area (Å²) in [6.07, 6.45) is 3.81. The number of hydrogen-bond acceptors (Lipinski definition) is 5. The van der Waals surface area contributed by atoms with Crippen LogP contribution in [0.4, 0.5) is 10.5 Å². The number of para-hydroxylation sites is 1. The lowest BCUT2D eigenvalue weighted by atomic mass is 9.99. The molecule has 4 rings (SSSR count). The third-order valence-corrected chi connectivity index (χ3v) is 6.40. The Morgan fingerprint density at radius 1 is 1.08 bits per heavy atom. The molecule has 1 atom stereocenters. The number of nitrogens with zero attached hydrogens (tertiary/aromatic N) is 3. The number of urea groups is 1. The molecule has 2 aromatic heterocycles. The van der Waals surface area contributed by atoms with E-state index in [4.69, 9.17) is 4.74 Å². The van der Waals surface area contributed by atoms with Crippen molar-refractivity contribution in [1.29, 1.82) is 0 Å². The summed E-state index contributed by atoms with van der Waals surface area (Å²) in [7, 11) is 9.51. The third-order valence-electron chi connectivity index (χ3n) is 6.40. The van der Waals surface area contributed by atoms with Crippen LogP contribution in [0.5, 0.6) is 5.75 Å². The number of amides is 2. The number of likely N-dealkylation sites (N-methyl/N-ethyl adjacent to an activating group) is 1. The number of nitrogens with one attached hydrogen (secondary N) is 3. The zero-order valence-corrected chi connectivity index (χ0v) is 22.9. The van der Waals surface area contributed by atoms with E-state index in [1.165, 1.54) is 0 Å². The Bertz CT molecular complexity index is 1460. The Morgan fingerprint density at radius 2 is 1.84 bits per heavy atom. The average molecular weight is 513 g/mol. The number of ether oxygens (including phenoxy) is 1. The number of benzene rings is 2. The lowest BCUT2D eigenvalue weighted by Gasteiger charge is -2.22. The fourth-order valence-corrected chi connectivity index (χ4v) is 4.54. The van der Waals surface area contributed by atoms with E-state index in [0.29, 0.717) is 5.69 Å². The molecular formula is C30H36N6O2. The van der Waals surface area contributed by atoms with E-state index in [0.717, 1.165) is 56.8 Å². The molecule has 8 heteroatoms. The van der Waals surface area contributed by atoms with E-state index in [9.17, 15) is 4.79 Å². The summed E-state index contributed by atoms with van der Waals surface area (Å²) in [5, 5.41) is 7.00. The monoisotopic (exact) mass is 512 g/mol. The first-order valence-electron chi connectivity index (χ1n) is 12.5. The maximum absolute atomic E-state index is 12.7. The third kappa shape index (κ3) is 5.81. The molecule has 2 heterocycles. The minimum atomic E-state index is -0.253. The molecular weight excluding hydrogens is 476 g/mol. The zero-order chi connectivity index (χ0) is 27.4. The highest BCUT2D eigenvalue weighted by Crippen LogP contribution is 2.37. The summed E-state index contributed by atoms with van der Waals surface area (Å²) < 4.78 is 5.59. The molecule has 38 heavy (non-hydrogen) atoms. The highest BCUT2D eigenvalue weighted by atomic mass is 16.5. The van der Waals surface area contributed by atoms with Crippen molar-refractivity contribution in [3.05, 3.63) is 73.1 Å². The minimum absolute atomic E-state index is 0.00126. The van der Waals surface area contributed by atoms with Crippen molar-refractivity contribution in [1.82, 2.24) is 25.1 Å². The van der Waals surface area contributed by atoms with Crippen molar-refractivity contribution in [3.8, 4) is 28.0 Å². The van der Waals surface area contributed by atoms with Gasteiger partial charge in [0.05, 0.1) is 12.8 Å². The van der Waals surface area contributed by atoms with Crippen LogP contribution in [0.25, 0.3) is 39.0 Å². The van der Waals surface area contributed by atoms with Crippen LogP contribution in [0.3, 0.4) is 0 Å². The lowest BCUT2D eigenvalue weighted by Crippen LogP contribution is -2.41. The van der Waals surface area contributed by atoms with E-state index < -0.39 is 0 Å². The number of fused-ring (bicyclic) bond motifs is 1. The largest absolute Gasteiger partial charge is 0.496 e. The van der Waals surface area contributed by atoms with Crippen LogP contribution >= 0.6 is 0 Å². The van der Waals surface area contributed by atoms with Crippen molar-refractivity contribution >= 4 is 28.4 Å². The molecule has 0 aliphatic carbocycles. The van der Waals surface area contributed by atoms with Crippen molar-refractivity contribution in [2.45, 2.75) is 13.0 Å². The fraction of sp³-hybridized carbons (Fsp3) is 0.267. The summed E-state index contributed by atoms with van der Waals surface area (Å²) >= 11 is 0. The lowest BCUT2D eigenvalue weighted by molar-refractivity contribution is 0.245. The van der Waals surface area contributed by atoms with E-state index in [2.05, 4.69) is 33.2 Å². The number of carbonyl (C=O) groups is 1. The quantitative estimate of drug-likeness (QED) is 0.275. The Labute approximate surface area is 224 Å². The molecule has 2 amide bonds. The van der Waals surface area contributed by atoms with Gasteiger partial charge in [0.2, 0.25) is 0 Å². The molecule has 0 aliphatic rings. The molecule has 0 aliphatic heterocycles. The number of rotatable bonds is 9. The second-order valence-corrected chi connectivity index (χ2v) is 9.89.